The van der Waals surface area contributed by atoms with Crippen molar-refractivity contribution in [1.29, 1.82) is 5.26 Å². The molecule has 90 valence electrons. The highest BCUT2D eigenvalue weighted by Crippen LogP contribution is 2.29. The van der Waals surface area contributed by atoms with Crippen molar-refractivity contribution < 1.29 is 0 Å². The molecule has 3 nitrogen and oxygen atoms in total. The first-order chi connectivity index (χ1) is 8.02. The van der Waals surface area contributed by atoms with Crippen LogP contribution in [0.1, 0.15) is 19.4 Å². The van der Waals surface area contributed by atoms with Gasteiger partial charge in [0.1, 0.15) is 5.54 Å². The zero-order chi connectivity index (χ0) is 12.5. The zero-order valence-corrected chi connectivity index (χ0v) is 10.5. The van der Waals surface area contributed by atoms with Gasteiger partial charge in [0.25, 0.3) is 0 Å². The molecule has 17 heavy (non-hydrogen) atoms. The van der Waals surface area contributed by atoms with Crippen molar-refractivity contribution in [2.45, 2.75) is 25.8 Å². The second kappa shape index (κ2) is 4.38. The molecule has 0 aliphatic carbocycles. The maximum atomic E-state index is 9.04. The van der Waals surface area contributed by atoms with Crippen LogP contribution in [0.4, 0.5) is 5.69 Å². The third-order valence-corrected chi connectivity index (χ3v) is 3.21. The summed E-state index contributed by atoms with van der Waals surface area (Å²) in [5, 5.41) is 9.04. The lowest BCUT2D eigenvalue weighted by Crippen LogP contribution is -2.49. The average Bonchev–Trinajstić information content (AvgIpc) is 2.28. The van der Waals surface area contributed by atoms with E-state index in [1.54, 1.807) is 6.92 Å². The Bertz CT molecular complexity index is 445. The van der Waals surface area contributed by atoms with Gasteiger partial charge in [-0.05, 0) is 30.9 Å². The number of benzene rings is 1. The maximum absolute atomic E-state index is 9.04. The second-order valence-electron chi connectivity index (χ2n) is 5.35. The Morgan fingerprint density at radius 1 is 1.53 bits per heavy atom. The molecular weight excluding hydrogens is 210 g/mol. The van der Waals surface area contributed by atoms with Crippen LogP contribution >= 0.6 is 0 Å². The minimum atomic E-state index is -0.788. The van der Waals surface area contributed by atoms with E-state index >= 15 is 0 Å². The van der Waals surface area contributed by atoms with Crippen LogP contribution in [0.3, 0.4) is 0 Å². The number of hydrogen-bond donors (Lipinski definition) is 1. The molecule has 1 heterocycles. The summed E-state index contributed by atoms with van der Waals surface area (Å²) in [5.41, 5.74) is 7.75. The molecular formula is C14H19N3. The summed E-state index contributed by atoms with van der Waals surface area (Å²) >= 11 is 0. The molecule has 0 saturated heterocycles. The Balaban J connectivity index is 2.28. The Morgan fingerprint density at radius 2 is 2.24 bits per heavy atom. The number of fused-ring (bicyclic) bond motifs is 1. The lowest BCUT2D eigenvalue weighted by atomic mass is 9.92. The Kier molecular flexibility index (Phi) is 3.08. The van der Waals surface area contributed by atoms with E-state index in [0.29, 0.717) is 12.5 Å². The fourth-order valence-corrected chi connectivity index (χ4v) is 2.49. The monoisotopic (exact) mass is 229 g/mol. The predicted molar refractivity (Wildman–Crippen MR) is 69.7 cm³/mol. The van der Waals surface area contributed by atoms with Crippen LogP contribution in [0.5, 0.6) is 0 Å². The molecule has 0 spiro atoms. The molecule has 2 unspecified atom stereocenters. The van der Waals surface area contributed by atoms with Crippen LogP contribution < -0.4 is 10.6 Å². The first kappa shape index (κ1) is 11.9. The molecule has 1 aliphatic heterocycles. The molecule has 2 N–H and O–H groups in total. The topological polar surface area (TPSA) is 53.0 Å². The summed E-state index contributed by atoms with van der Waals surface area (Å²) in [6.45, 7) is 5.59. The number of nitriles is 1. The number of nitrogens with two attached hydrogens (primary N) is 1. The summed E-state index contributed by atoms with van der Waals surface area (Å²) < 4.78 is 0. The van der Waals surface area contributed by atoms with Gasteiger partial charge in [0.05, 0.1) is 6.07 Å². The maximum Gasteiger partial charge on any atom is 0.119 e. The molecule has 3 heteroatoms. The highest BCUT2D eigenvalue weighted by molar-refractivity contribution is 5.56. The number of anilines is 1. The summed E-state index contributed by atoms with van der Waals surface area (Å²) in [7, 11) is 0. The van der Waals surface area contributed by atoms with Gasteiger partial charge in [0.2, 0.25) is 0 Å². The van der Waals surface area contributed by atoms with E-state index < -0.39 is 5.54 Å². The highest BCUT2D eigenvalue weighted by atomic mass is 15.2. The molecule has 0 bridgehead atoms. The Hall–Kier alpha value is -1.53. The smallest absolute Gasteiger partial charge is 0.119 e. The number of nitrogens with zero attached hydrogens (tertiary/aromatic N) is 2. The quantitative estimate of drug-likeness (QED) is 0.843. The zero-order valence-electron chi connectivity index (χ0n) is 10.5. The molecule has 0 amide bonds. The minimum Gasteiger partial charge on any atom is -0.368 e. The van der Waals surface area contributed by atoms with E-state index in [0.717, 1.165) is 13.0 Å². The van der Waals surface area contributed by atoms with Crippen molar-refractivity contribution in [3.63, 3.8) is 0 Å². The van der Waals surface area contributed by atoms with Gasteiger partial charge in [-0.3, -0.25) is 0 Å². The van der Waals surface area contributed by atoms with Crippen molar-refractivity contribution in [2.24, 2.45) is 11.7 Å². The highest BCUT2D eigenvalue weighted by Gasteiger charge is 2.27. The number of hydrogen-bond acceptors (Lipinski definition) is 3. The van der Waals surface area contributed by atoms with Gasteiger partial charge in [-0.25, -0.2) is 0 Å². The molecule has 2 rings (SSSR count). The van der Waals surface area contributed by atoms with Gasteiger partial charge in [-0.15, -0.1) is 0 Å². The first-order valence-corrected chi connectivity index (χ1v) is 6.05. The van der Waals surface area contributed by atoms with Crippen molar-refractivity contribution in [3.8, 4) is 6.07 Å². The van der Waals surface area contributed by atoms with Gasteiger partial charge in [-0.2, -0.15) is 5.26 Å². The molecule has 0 saturated carbocycles. The van der Waals surface area contributed by atoms with Gasteiger partial charge >= 0.3 is 0 Å². The van der Waals surface area contributed by atoms with Crippen LogP contribution in [0, 0.1) is 17.2 Å². The molecule has 1 aromatic carbocycles. The largest absolute Gasteiger partial charge is 0.368 e. The minimum absolute atomic E-state index is 0.588. The lowest BCUT2D eigenvalue weighted by molar-refractivity contribution is 0.490. The fraction of sp³-hybridized carbons (Fsp3) is 0.500. The Morgan fingerprint density at radius 3 is 2.94 bits per heavy atom. The van der Waals surface area contributed by atoms with Crippen LogP contribution in [0.25, 0.3) is 0 Å². The molecule has 0 aromatic heterocycles. The van der Waals surface area contributed by atoms with Crippen molar-refractivity contribution in [3.05, 3.63) is 29.8 Å². The molecule has 1 aliphatic rings. The summed E-state index contributed by atoms with van der Waals surface area (Å²) in [6, 6.07) is 10.6. The van der Waals surface area contributed by atoms with Crippen molar-refractivity contribution in [1.82, 2.24) is 0 Å². The average molecular weight is 229 g/mol. The van der Waals surface area contributed by atoms with E-state index in [2.05, 4.69) is 36.1 Å². The van der Waals surface area contributed by atoms with Gasteiger partial charge in [-0.1, -0.05) is 25.1 Å². The standard InChI is InChI=1S/C14H19N3/c1-11-7-12-5-3-4-6-13(12)17(8-11)10-14(2,16)9-15/h3-6,11H,7-8,10,16H2,1-2H3. The summed E-state index contributed by atoms with van der Waals surface area (Å²) in [4.78, 5) is 2.24. The fourth-order valence-electron chi connectivity index (χ4n) is 2.49. The SMILES string of the molecule is CC1Cc2ccccc2N(CC(C)(N)C#N)C1. The van der Waals surface area contributed by atoms with Gasteiger partial charge < -0.3 is 10.6 Å². The van der Waals surface area contributed by atoms with Crippen LogP contribution in [-0.4, -0.2) is 18.6 Å². The van der Waals surface area contributed by atoms with E-state index in [1.807, 2.05) is 6.07 Å². The summed E-state index contributed by atoms with van der Waals surface area (Å²) in [5.74, 6) is 0.611. The Labute approximate surface area is 103 Å². The van der Waals surface area contributed by atoms with E-state index in [-0.39, 0.29) is 0 Å². The van der Waals surface area contributed by atoms with E-state index in [1.165, 1.54) is 11.3 Å². The molecule has 0 radical (unpaired) electrons. The van der Waals surface area contributed by atoms with Crippen molar-refractivity contribution >= 4 is 5.69 Å². The summed E-state index contributed by atoms with van der Waals surface area (Å²) in [6.07, 6.45) is 1.11. The van der Waals surface area contributed by atoms with Gasteiger partial charge in [0.15, 0.2) is 0 Å². The third kappa shape index (κ3) is 2.59. The lowest BCUT2D eigenvalue weighted by Gasteiger charge is -2.37. The third-order valence-electron chi connectivity index (χ3n) is 3.21. The second-order valence-corrected chi connectivity index (χ2v) is 5.35. The van der Waals surface area contributed by atoms with Crippen LogP contribution in [0.2, 0.25) is 0 Å². The molecule has 0 fully saturated rings. The van der Waals surface area contributed by atoms with Crippen LogP contribution in [-0.2, 0) is 6.42 Å². The number of rotatable bonds is 2. The molecule has 1 aromatic rings. The van der Waals surface area contributed by atoms with Crippen LogP contribution in [0.15, 0.2) is 24.3 Å². The van der Waals surface area contributed by atoms with E-state index in [9.17, 15) is 0 Å². The predicted octanol–water partition coefficient (Wildman–Crippen LogP) is 1.93. The number of para-hydroxylation sites is 1. The normalized spacial score (nSPS) is 22.5. The van der Waals surface area contributed by atoms with Gasteiger partial charge in [0, 0.05) is 18.8 Å². The van der Waals surface area contributed by atoms with Crippen molar-refractivity contribution in [2.75, 3.05) is 18.0 Å². The first-order valence-electron chi connectivity index (χ1n) is 6.05. The van der Waals surface area contributed by atoms with E-state index in [4.69, 9.17) is 11.0 Å². The molecule has 2 atom stereocenters.